The predicted molar refractivity (Wildman–Crippen MR) is 61.4 cm³/mol. The summed E-state index contributed by atoms with van der Waals surface area (Å²) in [6, 6.07) is 0. The zero-order valence-electron chi connectivity index (χ0n) is 8.96. The molecular weight excluding hydrogens is 276 g/mol. The molecule has 1 aliphatic heterocycles. The standard InChI is InChI=1S/C10H13BrN2O3/c1-2-6-8(11)10(14)13-9(12-6)7-5-15-3-4-16-7/h7H,2-5H2,1H3,(H,12,13,14). The first-order valence-corrected chi connectivity index (χ1v) is 5.99. The molecule has 6 heteroatoms. The highest BCUT2D eigenvalue weighted by molar-refractivity contribution is 9.10. The van der Waals surface area contributed by atoms with Crippen molar-refractivity contribution < 1.29 is 9.47 Å². The van der Waals surface area contributed by atoms with Gasteiger partial charge >= 0.3 is 0 Å². The lowest BCUT2D eigenvalue weighted by Gasteiger charge is -2.22. The molecule has 1 saturated heterocycles. The van der Waals surface area contributed by atoms with Crippen LogP contribution in [0.25, 0.3) is 0 Å². The van der Waals surface area contributed by atoms with Crippen molar-refractivity contribution in [1.29, 1.82) is 0 Å². The smallest absolute Gasteiger partial charge is 0.265 e. The van der Waals surface area contributed by atoms with E-state index in [0.29, 0.717) is 36.5 Å². The Labute approximate surface area is 101 Å². The van der Waals surface area contributed by atoms with Crippen molar-refractivity contribution in [2.75, 3.05) is 19.8 Å². The molecule has 88 valence electrons. The molecule has 1 atom stereocenters. The number of nitrogens with zero attached hydrogens (tertiary/aromatic N) is 1. The van der Waals surface area contributed by atoms with E-state index in [9.17, 15) is 4.79 Å². The highest BCUT2D eigenvalue weighted by Crippen LogP contribution is 2.18. The van der Waals surface area contributed by atoms with Crippen LogP contribution in [0.1, 0.15) is 24.5 Å². The summed E-state index contributed by atoms with van der Waals surface area (Å²) in [7, 11) is 0. The first kappa shape index (κ1) is 11.8. The first-order valence-electron chi connectivity index (χ1n) is 5.20. The summed E-state index contributed by atoms with van der Waals surface area (Å²) in [4.78, 5) is 18.7. The molecule has 0 radical (unpaired) electrons. The molecule has 0 aliphatic carbocycles. The predicted octanol–water partition coefficient (Wildman–Crippen LogP) is 1.18. The van der Waals surface area contributed by atoms with Crippen LogP contribution < -0.4 is 5.56 Å². The summed E-state index contributed by atoms with van der Waals surface area (Å²) >= 11 is 3.22. The number of nitrogens with one attached hydrogen (secondary N) is 1. The van der Waals surface area contributed by atoms with Gasteiger partial charge in [0.2, 0.25) is 0 Å². The number of hydrogen-bond acceptors (Lipinski definition) is 4. The van der Waals surface area contributed by atoms with Gasteiger partial charge in [-0.05, 0) is 22.4 Å². The zero-order chi connectivity index (χ0) is 11.5. The van der Waals surface area contributed by atoms with E-state index >= 15 is 0 Å². The van der Waals surface area contributed by atoms with Gasteiger partial charge in [0.15, 0.2) is 0 Å². The summed E-state index contributed by atoms with van der Waals surface area (Å²) in [5.41, 5.74) is 0.573. The number of hydrogen-bond donors (Lipinski definition) is 1. The number of aryl methyl sites for hydroxylation is 1. The monoisotopic (exact) mass is 288 g/mol. The number of rotatable bonds is 2. The molecule has 2 heterocycles. The number of halogens is 1. The number of ether oxygens (including phenoxy) is 2. The SMILES string of the molecule is CCc1nc(C2COCCO2)[nH]c(=O)c1Br. The largest absolute Gasteiger partial charge is 0.376 e. The third-order valence-corrected chi connectivity index (χ3v) is 3.22. The zero-order valence-corrected chi connectivity index (χ0v) is 10.5. The quantitative estimate of drug-likeness (QED) is 0.888. The molecule has 5 nitrogen and oxygen atoms in total. The molecule has 0 spiro atoms. The highest BCUT2D eigenvalue weighted by atomic mass is 79.9. The Morgan fingerprint density at radius 2 is 2.38 bits per heavy atom. The van der Waals surface area contributed by atoms with E-state index in [1.807, 2.05) is 6.92 Å². The van der Waals surface area contributed by atoms with E-state index in [1.54, 1.807) is 0 Å². The summed E-state index contributed by atoms with van der Waals surface area (Å²) in [5.74, 6) is 0.546. The minimum absolute atomic E-state index is 0.170. The Morgan fingerprint density at radius 1 is 1.56 bits per heavy atom. The van der Waals surface area contributed by atoms with Crippen molar-refractivity contribution in [2.45, 2.75) is 19.4 Å². The van der Waals surface area contributed by atoms with Gasteiger partial charge in [0.25, 0.3) is 5.56 Å². The normalized spacial score (nSPS) is 21.0. The third kappa shape index (κ3) is 2.34. The Morgan fingerprint density at radius 3 is 3.00 bits per heavy atom. The average Bonchev–Trinajstić information content (AvgIpc) is 2.33. The van der Waals surface area contributed by atoms with E-state index < -0.39 is 0 Å². The minimum Gasteiger partial charge on any atom is -0.376 e. The van der Waals surface area contributed by atoms with Crippen LogP contribution in [0.5, 0.6) is 0 Å². The van der Waals surface area contributed by atoms with E-state index in [4.69, 9.17) is 9.47 Å². The van der Waals surface area contributed by atoms with Gasteiger partial charge in [-0.3, -0.25) is 4.79 Å². The molecule has 1 aliphatic rings. The maximum Gasteiger partial charge on any atom is 0.265 e. The van der Waals surface area contributed by atoms with Crippen LogP contribution in [0.2, 0.25) is 0 Å². The van der Waals surface area contributed by atoms with Gasteiger partial charge in [-0.15, -0.1) is 0 Å². The second-order valence-corrected chi connectivity index (χ2v) is 4.29. The van der Waals surface area contributed by atoms with Crippen LogP contribution in [-0.2, 0) is 15.9 Å². The van der Waals surface area contributed by atoms with Gasteiger partial charge < -0.3 is 14.5 Å². The molecule has 1 N–H and O–H groups in total. The molecule has 0 amide bonds. The van der Waals surface area contributed by atoms with Crippen LogP contribution in [-0.4, -0.2) is 29.8 Å². The fraction of sp³-hybridized carbons (Fsp3) is 0.600. The van der Waals surface area contributed by atoms with Gasteiger partial charge in [-0.1, -0.05) is 6.92 Å². The summed E-state index contributed by atoms with van der Waals surface area (Å²) in [6.07, 6.45) is 0.435. The first-order chi connectivity index (χ1) is 7.72. The molecule has 2 rings (SSSR count). The van der Waals surface area contributed by atoms with Crippen LogP contribution in [0.3, 0.4) is 0 Å². The molecule has 0 bridgehead atoms. The lowest BCUT2D eigenvalue weighted by atomic mass is 10.3. The van der Waals surface area contributed by atoms with Gasteiger partial charge in [-0.25, -0.2) is 4.98 Å². The van der Waals surface area contributed by atoms with Crippen molar-refractivity contribution in [2.24, 2.45) is 0 Å². The number of aromatic nitrogens is 2. The molecule has 16 heavy (non-hydrogen) atoms. The lowest BCUT2D eigenvalue weighted by Crippen LogP contribution is -2.26. The average molecular weight is 289 g/mol. The lowest BCUT2D eigenvalue weighted by molar-refractivity contribution is -0.0936. The fourth-order valence-electron chi connectivity index (χ4n) is 1.56. The molecular formula is C10H13BrN2O3. The molecule has 0 saturated carbocycles. The van der Waals surface area contributed by atoms with Crippen molar-refractivity contribution >= 4 is 15.9 Å². The van der Waals surface area contributed by atoms with E-state index in [1.165, 1.54) is 0 Å². The Bertz CT molecular complexity index is 427. The van der Waals surface area contributed by atoms with Crippen molar-refractivity contribution in [3.8, 4) is 0 Å². The summed E-state index contributed by atoms with van der Waals surface area (Å²) < 4.78 is 11.3. The molecule has 1 aromatic heterocycles. The molecule has 1 fully saturated rings. The van der Waals surface area contributed by atoms with E-state index in [0.717, 1.165) is 5.69 Å². The van der Waals surface area contributed by atoms with Gasteiger partial charge in [-0.2, -0.15) is 0 Å². The van der Waals surface area contributed by atoms with Crippen molar-refractivity contribution in [3.05, 3.63) is 26.3 Å². The summed E-state index contributed by atoms with van der Waals surface area (Å²) in [6.45, 7) is 3.52. The second kappa shape index (κ2) is 5.07. The van der Waals surface area contributed by atoms with Crippen LogP contribution >= 0.6 is 15.9 Å². The minimum atomic E-state index is -0.264. The van der Waals surface area contributed by atoms with Crippen LogP contribution in [0.15, 0.2) is 9.27 Å². The van der Waals surface area contributed by atoms with Crippen LogP contribution in [0, 0.1) is 0 Å². The van der Waals surface area contributed by atoms with Gasteiger partial charge in [0, 0.05) is 0 Å². The second-order valence-electron chi connectivity index (χ2n) is 3.50. The van der Waals surface area contributed by atoms with Crippen molar-refractivity contribution in [1.82, 2.24) is 9.97 Å². The maximum atomic E-state index is 11.6. The number of H-pyrrole nitrogens is 1. The van der Waals surface area contributed by atoms with Gasteiger partial charge in [0.05, 0.1) is 25.5 Å². The molecule has 1 aromatic rings. The van der Waals surface area contributed by atoms with Gasteiger partial charge in [0.1, 0.15) is 16.4 Å². The Hall–Kier alpha value is -0.720. The topological polar surface area (TPSA) is 64.2 Å². The molecule has 0 aromatic carbocycles. The highest BCUT2D eigenvalue weighted by Gasteiger charge is 2.20. The fourth-order valence-corrected chi connectivity index (χ4v) is 2.03. The maximum absolute atomic E-state index is 11.6. The van der Waals surface area contributed by atoms with E-state index in [2.05, 4.69) is 25.9 Å². The Balaban J connectivity index is 2.33. The Kier molecular flexibility index (Phi) is 3.73. The third-order valence-electron chi connectivity index (χ3n) is 2.41. The van der Waals surface area contributed by atoms with Crippen LogP contribution in [0.4, 0.5) is 0 Å². The van der Waals surface area contributed by atoms with E-state index in [-0.39, 0.29) is 11.7 Å². The number of aromatic amines is 1. The van der Waals surface area contributed by atoms with Crippen molar-refractivity contribution in [3.63, 3.8) is 0 Å². The molecule has 1 unspecified atom stereocenters. The summed E-state index contributed by atoms with van der Waals surface area (Å²) in [5, 5.41) is 0.